The van der Waals surface area contributed by atoms with E-state index in [4.69, 9.17) is 0 Å². The molecule has 25 heavy (non-hydrogen) atoms. The Morgan fingerprint density at radius 1 is 1.04 bits per heavy atom. The molecule has 0 aliphatic carbocycles. The van der Waals surface area contributed by atoms with E-state index in [2.05, 4.69) is 33.1 Å². The molecule has 0 atom stereocenters. The molecule has 0 aromatic heterocycles. The first-order valence-corrected chi connectivity index (χ1v) is 8.29. The van der Waals surface area contributed by atoms with Crippen LogP contribution in [0, 0.1) is 5.82 Å². The minimum atomic E-state index is -0.340. The Hall–Kier alpha value is -2.89. The zero-order valence-electron chi connectivity index (χ0n) is 14.3. The van der Waals surface area contributed by atoms with E-state index in [1.807, 2.05) is 25.1 Å². The predicted molar refractivity (Wildman–Crippen MR) is 99.2 cm³/mol. The van der Waals surface area contributed by atoms with Crippen LogP contribution in [0.25, 0.3) is 0 Å². The molecule has 0 aliphatic heterocycles. The summed E-state index contributed by atoms with van der Waals surface area (Å²) in [5, 5.41) is 8.99. The highest BCUT2D eigenvalue weighted by molar-refractivity contribution is 5.94. The Kier molecular flexibility index (Phi) is 7.43. The van der Waals surface area contributed by atoms with Crippen molar-refractivity contribution in [2.75, 3.05) is 25.0 Å². The summed E-state index contributed by atoms with van der Waals surface area (Å²) in [4.78, 5) is 16.2. The summed E-state index contributed by atoms with van der Waals surface area (Å²) >= 11 is 0. The van der Waals surface area contributed by atoms with Crippen molar-refractivity contribution < 1.29 is 9.18 Å². The molecule has 5 nitrogen and oxygen atoms in total. The molecule has 0 heterocycles. The van der Waals surface area contributed by atoms with Crippen LogP contribution >= 0.6 is 0 Å². The number of amides is 1. The third-order valence-electron chi connectivity index (χ3n) is 3.40. The topological polar surface area (TPSA) is 65.5 Å². The standard InChI is InChI=1S/C19H23FN4O/c1-2-21-19(22-13-12-15-6-4-3-5-7-15)23-14-18(25)24-17-10-8-16(20)9-11-17/h3-11H,2,12-14H2,1H3,(H,24,25)(H2,21,22,23). The maximum atomic E-state index is 12.9. The Morgan fingerprint density at radius 3 is 2.44 bits per heavy atom. The van der Waals surface area contributed by atoms with Gasteiger partial charge < -0.3 is 16.0 Å². The fraction of sp³-hybridized carbons (Fsp3) is 0.263. The highest BCUT2D eigenvalue weighted by Gasteiger charge is 2.03. The van der Waals surface area contributed by atoms with Gasteiger partial charge in [0.05, 0.1) is 0 Å². The molecule has 0 bridgehead atoms. The number of aliphatic imine (C=N–C) groups is 1. The number of carbonyl (C=O) groups is 1. The summed E-state index contributed by atoms with van der Waals surface area (Å²) in [6.07, 6.45) is 0.868. The van der Waals surface area contributed by atoms with E-state index in [0.29, 0.717) is 18.2 Å². The highest BCUT2D eigenvalue weighted by Crippen LogP contribution is 2.07. The van der Waals surface area contributed by atoms with E-state index in [-0.39, 0.29) is 18.3 Å². The molecule has 0 spiro atoms. The number of nitrogens with one attached hydrogen (secondary N) is 3. The van der Waals surface area contributed by atoms with E-state index < -0.39 is 0 Å². The Morgan fingerprint density at radius 2 is 1.76 bits per heavy atom. The molecular weight excluding hydrogens is 319 g/mol. The highest BCUT2D eigenvalue weighted by atomic mass is 19.1. The third-order valence-corrected chi connectivity index (χ3v) is 3.40. The monoisotopic (exact) mass is 342 g/mol. The first kappa shape index (κ1) is 18.4. The van der Waals surface area contributed by atoms with Gasteiger partial charge in [-0.25, -0.2) is 9.38 Å². The van der Waals surface area contributed by atoms with Gasteiger partial charge in [0.2, 0.25) is 5.91 Å². The zero-order valence-corrected chi connectivity index (χ0v) is 14.3. The summed E-state index contributed by atoms with van der Waals surface area (Å²) in [5.74, 6) is -0.00683. The maximum absolute atomic E-state index is 12.9. The molecule has 0 saturated carbocycles. The maximum Gasteiger partial charge on any atom is 0.246 e. The Balaban J connectivity index is 1.81. The van der Waals surface area contributed by atoms with Gasteiger partial charge in [0, 0.05) is 18.8 Å². The average Bonchev–Trinajstić information content (AvgIpc) is 2.62. The van der Waals surface area contributed by atoms with Crippen molar-refractivity contribution in [2.45, 2.75) is 13.3 Å². The fourth-order valence-electron chi connectivity index (χ4n) is 2.20. The van der Waals surface area contributed by atoms with Crippen molar-refractivity contribution in [3.63, 3.8) is 0 Å². The SMILES string of the molecule is CCNC(=NCC(=O)Nc1ccc(F)cc1)NCCc1ccccc1. The molecule has 0 fully saturated rings. The second-order valence-electron chi connectivity index (χ2n) is 5.41. The van der Waals surface area contributed by atoms with Gasteiger partial charge in [0.1, 0.15) is 12.4 Å². The van der Waals surface area contributed by atoms with E-state index in [9.17, 15) is 9.18 Å². The molecule has 2 aromatic carbocycles. The lowest BCUT2D eigenvalue weighted by Gasteiger charge is -2.11. The van der Waals surface area contributed by atoms with Crippen LogP contribution in [-0.4, -0.2) is 31.5 Å². The van der Waals surface area contributed by atoms with E-state index in [0.717, 1.165) is 13.0 Å². The van der Waals surface area contributed by atoms with Gasteiger partial charge in [0.25, 0.3) is 0 Å². The van der Waals surface area contributed by atoms with Gasteiger partial charge in [-0.1, -0.05) is 30.3 Å². The van der Waals surface area contributed by atoms with Crippen LogP contribution in [0.5, 0.6) is 0 Å². The number of benzene rings is 2. The Labute approximate surface area is 147 Å². The first-order valence-electron chi connectivity index (χ1n) is 8.29. The van der Waals surface area contributed by atoms with Gasteiger partial charge >= 0.3 is 0 Å². The third kappa shape index (κ3) is 7.03. The first-order chi connectivity index (χ1) is 12.2. The molecular formula is C19H23FN4O. The summed E-state index contributed by atoms with van der Waals surface area (Å²) in [5.41, 5.74) is 1.78. The lowest BCUT2D eigenvalue weighted by atomic mass is 10.1. The number of hydrogen-bond donors (Lipinski definition) is 3. The van der Waals surface area contributed by atoms with Gasteiger partial charge in [-0.2, -0.15) is 0 Å². The molecule has 0 aliphatic rings. The number of anilines is 1. The van der Waals surface area contributed by atoms with E-state index in [1.54, 1.807) is 0 Å². The lowest BCUT2D eigenvalue weighted by molar-refractivity contribution is -0.114. The quantitative estimate of drug-likeness (QED) is 0.535. The van der Waals surface area contributed by atoms with Crippen LogP contribution in [0.4, 0.5) is 10.1 Å². The molecule has 1 amide bonds. The summed E-state index contributed by atoms with van der Waals surface area (Å²) in [6, 6.07) is 15.8. The van der Waals surface area contributed by atoms with Crippen LogP contribution < -0.4 is 16.0 Å². The van der Waals surface area contributed by atoms with E-state index >= 15 is 0 Å². The smallest absolute Gasteiger partial charge is 0.246 e. The Bertz CT molecular complexity index is 686. The molecule has 2 rings (SSSR count). The number of carbonyl (C=O) groups excluding carboxylic acids is 1. The van der Waals surface area contributed by atoms with Crippen molar-refractivity contribution in [3.8, 4) is 0 Å². The molecule has 3 N–H and O–H groups in total. The molecule has 0 saturated heterocycles. The number of rotatable bonds is 7. The van der Waals surface area contributed by atoms with Crippen molar-refractivity contribution in [1.29, 1.82) is 0 Å². The van der Waals surface area contributed by atoms with Gasteiger partial charge in [-0.15, -0.1) is 0 Å². The molecule has 6 heteroatoms. The van der Waals surface area contributed by atoms with Crippen LogP contribution in [0.2, 0.25) is 0 Å². The molecule has 2 aromatic rings. The average molecular weight is 342 g/mol. The lowest BCUT2D eigenvalue weighted by Crippen LogP contribution is -2.39. The van der Waals surface area contributed by atoms with Crippen molar-refractivity contribution >= 4 is 17.6 Å². The number of hydrogen-bond acceptors (Lipinski definition) is 2. The van der Waals surface area contributed by atoms with Crippen LogP contribution in [0.15, 0.2) is 59.6 Å². The fourth-order valence-corrected chi connectivity index (χ4v) is 2.20. The molecule has 0 radical (unpaired) electrons. The van der Waals surface area contributed by atoms with Crippen molar-refractivity contribution in [1.82, 2.24) is 10.6 Å². The van der Waals surface area contributed by atoms with Gasteiger partial charge in [-0.3, -0.25) is 4.79 Å². The van der Waals surface area contributed by atoms with Crippen molar-refractivity contribution in [2.24, 2.45) is 4.99 Å². The minimum Gasteiger partial charge on any atom is -0.357 e. The predicted octanol–water partition coefficient (Wildman–Crippen LogP) is 2.56. The largest absolute Gasteiger partial charge is 0.357 e. The summed E-state index contributed by atoms with van der Waals surface area (Å²) in [7, 11) is 0. The zero-order chi connectivity index (χ0) is 17.9. The normalized spacial score (nSPS) is 11.0. The number of halogens is 1. The second-order valence-corrected chi connectivity index (χ2v) is 5.41. The number of guanidine groups is 1. The number of nitrogens with zero attached hydrogens (tertiary/aromatic N) is 1. The van der Waals surface area contributed by atoms with Crippen molar-refractivity contribution in [3.05, 3.63) is 66.0 Å². The summed E-state index contributed by atoms with van der Waals surface area (Å²) in [6.45, 7) is 3.37. The van der Waals surface area contributed by atoms with Crippen LogP contribution in [0.1, 0.15) is 12.5 Å². The van der Waals surface area contributed by atoms with Crippen LogP contribution in [-0.2, 0) is 11.2 Å². The summed E-state index contributed by atoms with van der Waals surface area (Å²) < 4.78 is 12.9. The van der Waals surface area contributed by atoms with Crippen LogP contribution in [0.3, 0.4) is 0 Å². The van der Waals surface area contributed by atoms with Gasteiger partial charge in [0.15, 0.2) is 5.96 Å². The molecule has 132 valence electrons. The van der Waals surface area contributed by atoms with E-state index in [1.165, 1.54) is 29.8 Å². The molecule has 0 unspecified atom stereocenters. The van der Waals surface area contributed by atoms with Gasteiger partial charge in [-0.05, 0) is 43.2 Å². The minimum absolute atomic E-state index is 0.0158. The second kappa shape index (κ2) is 10.1.